The van der Waals surface area contributed by atoms with Gasteiger partial charge in [-0.15, -0.1) is 11.3 Å². The molecule has 3 heterocycles. The molecular formula is C17H24N4O2S. The molecule has 2 aliphatic rings. The van der Waals surface area contributed by atoms with Gasteiger partial charge in [-0.25, -0.2) is 4.98 Å². The average Bonchev–Trinajstić information content (AvgIpc) is 3.05. The fraction of sp³-hybridized carbons (Fsp3) is 0.588. The highest BCUT2D eigenvalue weighted by atomic mass is 32.1. The molecule has 0 spiro atoms. The molecule has 0 aromatic carbocycles. The lowest BCUT2D eigenvalue weighted by molar-refractivity contribution is -0.139. The smallest absolute Gasteiger partial charge is 0.245 e. The van der Waals surface area contributed by atoms with Crippen molar-refractivity contribution in [3.63, 3.8) is 0 Å². The quantitative estimate of drug-likeness (QED) is 0.779. The van der Waals surface area contributed by atoms with Gasteiger partial charge < -0.3 is 14.7 Å². The molecule has 24 heavy (non-hydrogen) atoms. The second-order valence-corrected chi connectivity index (χ2v) is 7.16. The lowest BCUT2D eigenvalue weighted by Gasteiger charge is -2.33. The van der Waals surface area contributed by atoms with Crippen molar-refractivity contribution in [1.82, 2.24) is 14.8 Å². The Morgan fingerprint density at radius 2 is 1.92 bits per heavy atom. The Bertz CT molecular complexity index is 581. The largest absolute Gasteiger partial charge is 0.346 e. The molecule has 2 fully saturated rings. The van der Waals surface area contributed by atoms with Gasteiger partial charge in [-0.1, -0.05) is 6.58 Å². The maximum absolute atomic E-state index is 12.8. The van der Waals surface area contributed by atoms with Crippen molar-refractivity contribution in [1.29, 1.82) is 0 Å². The molecular weight excluding hydrogens is 324 g/mol. The molecule has 1 aromatic rings. The third kappa shape index (κ3) is 3.77. The number of thiazole rings is 1. The number of aromatic nitrogens is 1. The summed E-state index contributed by atoms with van der Waals surface area (Å²) in [6.45, 7) is 8.19. The highest BCUT2D eigenvalue weighted by molar-refractivity contribution is 7.13. The molecule has 130 valence electrons. The summed E-state index contributed by atoms with van der Waals surface area (Å²) < 4.78 is 0. The first-order valence-corrected chi connectivity index (χ1v) is 9.41. The molecule has 3 rings (SSSR count). The number of hydrogen-bond donors (Lipinski definition) is 0. The van der Waals surface area contributed by atoms with E-state index in [4.69, 9.17) is 0 Å². The average molecular weight is 348 g/mol. The molecule has 2 amide bonds. The predicted molar refractivity (Wildman–Crippen MR) is 95.0 cm³/mol. The van der Waals surface area contributed by atoms with Gasteiger partial charge in [0.05, 0.1) is 0 Å². The molecule has 0 bridgehead atoms. The molecule has 2 aliphatic heterocycles. The zero-order chi connectivity index (χ0) is 16.9. The molecule has 0 N–H and O–H groups in total. The van der Waals surface area contributed by atoms with E-state index >= 15 is 0 Å². The van der Waals surface area contributed by atoms with Gasteiger partial charge >= 0.3 is 0 Å². The van der Waals surface area contributed by atoms with E-state index in [-0.39, 0.29) is 17.7 Å². The fourth-order valence-corrected chi connectivity index (χ4v) is 4.13. The van der Waals surface area contributed by atoms with Crippen LogP contribution in [0.4, 0.5) is 5.13 Å². The first-order valence-electron chi connectivity index (χ1n) is 8.53. The van der Waals surface area contributed by atoms with Gasteiger partial charge in [0.25, 0.3) is 0 Å². The standard InChI is InChI=1S/C17H24N4O2S/c1-2-15(22)19-9-4-14(5-10-19)16(23)20-7-3-8-21(12-11-20)17-18-6-13-24-17/h2,6,13-14H,1,3-5,7-12H2. The van der Waals surface area contributed by atoms with Gasteiger partial charge in [0.1, 0.15) is 0 Å². The third-order valence-electron chi connectivity index (χ3n) is 4.83. The van der Waals surface area contributed by atoms with Crippen molar-refractivity contribution in [3.8, 4) is 0 Å². The van der Waals surface area contributed by atoms with E-state index < -0.39 is 0 Å². The molecule has 2 saturated heterocycles. The highest BCUT2D eigenvalue weighted by Gasteiger charge is 2.30. The van der Waals surface area contributed by atoms with Crippen LogP contribution in [0.2, 0.25) is 0 Å². The van der Waals surface area contributed by atoms with Gasteiger partial charge in [0, 0.05) is 56.8 Å². The van der Waals surface area contributed by atoms with E-state index in [1.54, 1.807) is 16.2 Å². The van der Waals surface area contributed by atoms with Crippen LogP contribution in [-0.2, 0) is 9.59 Å². The topological polar surface area (TPSA) is 56.8 Å². The summed E-state index contributed by atoms with van der Waals surface area (Å²) in [6, 6.07) is 0. The Morgan fingerprint density at radius 1 is 1.12 bits per heavy atom. The zero-order valence-corrected chi connectivity index (χ0v) is 14.7. The Balaban J connectivity index is 1.52. The van der Waals surface area contributed by atoms with Crippen LogP contribution >= 0.6 is 11.3 Å². The number of carbonyl (C=O) groups is 2. The number of carbonyl (C=O) groups excluding carboxylic acids is 2. The van der Waals surface area contributed by atoms with Crippen molar-refractivity contribution in [2.75, 3.05) is 44.2 Å². The predicted octanol–water partition coefficient (Wildman–Crippen LogP) is 1.61. The van der Waals surface area contributed by atoms with Crippen LogP contribution < -0.4 is 4.90 Å². The van der Waals surface area contributed by atoms with Gasteiger partial charge in [0.15, 0.2) is 5.13 Å². The Morgan fingerprint density at radius 3 is 2.58 bits per heavy atom. The van der Waals surface area contributed by atoms with E-state index in [9.17, 15) is 9.59 Å². The zero-order valence-electron chi connectivity index (χ0n) is 13.9. The molecule has 1 aromatic heterocycles. The number of likely N-dealkylation sites (tertiary alicyclic amines) is 1. The van der Waals surface area contributed by atoms with E-state index in [0.717, 1.165) is 50.6 Å². The van der Waals surface area contributed by atoms with Gasteiger partial charge in [-0.3, -0.25) is 9.59 Å². The maximum Gasteiger partial charge on any atom is 0.245 e. The van der Waals surface area contributed by atoms with Crippen LogP contribution in [-0.4, -0.2) is 65.9 Å². The summed E-state index contributed by atoms with van der Waals surface area (Å²) in [5.74, 6) is 0.265. The van der Waals surface area contributed by atoms with Gasteiger partial charge in [0.2, 0.25) is 11.8 Å². The first-order chi connectivity index (χ1) is 11.7. The van der Waals surface area contributed by atoms with Crippen molar-refractivity contribution in [3.05, 3.63) is 24.2 Å². The maximum atomic E-state index is 12.8. The molecule has 0 radical (unpaired) electrons. The number of rotatable bonds is 3. The SMILES string of the molecule is C=CC(=O)N1CCC(C(=O)N2CCCN(c3nccs3)CC2)CC1. The Labute approximate surface area is 146 Å². The Hall–Kier alpha value is -1.89. The second kappa shape index (κ2) is 7.79. The lowest BCUT2D eigenvalue weighted by atomic mass is 9.95. The summed E-state index contributed by atoms with van der Waals surface area (Å²) in [6.07, 6.45) is 5.66. The van der Waals surface area contributed by atoms with E-state index in [1.165, 1.54) is 6.08 Å². The summed E-state index contributed by atoms with van der Waals surface area (Å²) >= 11 is 1.65. The lowest BCUT2D eigenvalue weighted by Crippen LogP contribution is -2.45. The van der Waals surface area contributed by atoms with Crippen LogP contribution in [0.5, 0.6) is 0 Å². The van der Waals surface area contributed by atoms with Crippen molar-refractivity contribution < 1.29 is 9.59 Å². The van der Waals surface area contributed by atoms with Crippen LogP contribution in [0.25, 0.3) is 0 Å². The van der Waals surface area contributed by atoms with Gasteiger partial charge in [-0.2, -0.15) is 0 Å². The third-order valence-corrected chi connectivity index (χ3v) is 5.66. The molecule has 6 nitrogen and oxygen atoms in total. The summed E-state index contributed by atoms with van der Waals surface area (Å²) in [7, 11) is 0. The summed E-state index contributed by atoms with van der Waals surface area (Å²) in [5, 5.41) is 3.03. The number of anilines is 1. The fourth-order valence-electron chi connectivity index (χ4n) is 3.44. The van der Waals surface area contributed by atoms with Gasteiger partial charge in [-0.05, 0) is 25.3 Å². The van der Waals surface area contributed by atoms with Crippen LogP contribution in [0.15, 0.2) is 24.2 Å². The normalized spacial score (nSPS) is 19.9. The molecule has 0 unspecified atom stereocenters. The monoisotopic (exact) mass is 348 g/mol. The van der Waals surface area contributed by atoms with E-state index in [1.807, 2.05) is 16.5 Å². The molecule has 7 heteroatoms. The van der Waals surface area contributed by atoms with E-state index in [0.29, 0.717) is 13.1 Å². The number of nitrogens with zero attached hydrogens (tertiary/aromatic N) is 4. The molecule has 0 aliphatic carbocycles. The number of piperidine rings is 1. The second-order valence-electron chi connectivity index (χ2n) is 6.28. The minimum atomic E-state index is -0.0326. The van der Waals surface area contributed by atoms with Crippen LogP contribution in [0.3, 0.4) is 0 Å². The Kier molecular flexibility index (Phi) is 5.50. The van der Waals surface area contributed by atoms with Crippen LogP contribution in [0.1, 0.15) is 19.3 Å². The minimum absolute atomic E-state index is 0.0326. The van der Waals surface area contributed by atoms with Crippen molar-refractivity contribution >= 4 is 28.3 Å². The highest BCUT2D eigenvalue weighted by Crippen LogP contribution is 2.23. The van der Waals surface area contributed by atoms with Crippen LogP contribution in [0, 0.1) is 5.92 Å². The minimum Gasteiger partial charge on any atom is -0.346 e. The molecule has 0 atom stereocenters. The van der Waals surface area contributed by atoms with Crippen molar-refractivity contribution in [2.24, 2.45) is 5.92 Å². The van der Waals surface area contributed by atoms with E-state index in [2.05, 4.69) is 16.5 Å². The summed E-state index contributed by atoms with van der Waals surface area (Å²) in [5.41, 5.74) is 0. The number of hydrogen-bond acceptors (Lipinski definition) is 5. The first kappa shape index (κ1) is 17.0. The summed E-state index contributed by atoms with van der Waals surface area (Å²) in [4.78, 5) is 34.9. The number of amides is 2. The molecule has 0 saturated carbocycles. The van der Waals surface area contributed by atoms with Crippen molar-refractivity contribution in [2.45, 2.75) is 19.3 Å².